The molecule has 8 nitrogen and oxygen atoms in total. The number of halogens is 1. The highest BCUT2D eigenvalue weighted by atomic mass is 35.5. The van der Waals surface area contributed by atoms with Crippen LogP contribution in [0.2, 0.25) is 5.02 Å². The van der Waals surface area contributed by atoms with E-state index in [0.29, 0.717) is 16.5 Å². The van der Waals surface area contributed by atoms with Crippen LogP contribution in [-0.2, 0) is 4.79 Å². The van der Waals surface area contributed by atoms with Crippen LogP contribution >= 0.6 is 11.6 Å². The van der Waals surface area contributed by atoms with E-state index in [9.17, 15) is 14.9 Å². The fraction of sp³-hybridized carbons (Fsp3) is 0.316. The van der Waals surface area contributed by atoms with E-state index in [1.165, 1.54) is 19.2 Å². The maximum atomic E-state index is 12.3. The first-order valence-electron chi connectivity index (χ1n) is 8.81. The van der Waals surface area contributed by atoms with Crippen LogP contribution in [0.4, 0.5) is 17.1 Å². The summed E-state index contributed by atoms with van der Waals surface area (Å²) in [6, 6.07) is 11.6. The van der Waals surface area contributed by atoms with Crippen LogP contribution in [0.3, 0.4) is 0 Å². The molecule has 1 heterocycles. The average Bonchev–Trinajstić information content (AvgIpc) is 2.69. The number of nitro groups is 1. The minimum atomic E-state index is -0.406. The van der Waals surface area contributed by atoms with Crippen LogP contribution in [0.5, 0.6) is 5.75 Å². The van der Waals surface area contributed by atoms with Crippen LogP contribution in [0.15, 0.2) is 42.5 Å². The van der Waals surface area contributed by atoms with Crippen molar-refractivity contribution in [1.82, 2.24) is 4.90 Å². The maximum Gasteiger partial charge on any atom is 0.269 e. The fourth-order valence-corrected chi connectivity index (χ4v) is 3.35. The molecule has 1 aliphatic rings. The van der Waals surface area contributed by atoms with Crippen molar-refractivity contribution in [1.29, 1.82) is 0 Å². The van der Waals surface area contributed by atoms with Crippen molar-refractivity contribution in [3.8, 4) is 5.75 Å². The third-order valence-electron chi connectivity index (χ3n) is 4.60. The lowest BCUT2D eigenvalue weighted by molar-refractivity contribution is -0.384. The summed E-state index contributed by atoms with van der Waals surface area (Å²) in [5.74, 6) is 0.451. The molecule has 1 N–H and O–H groups in total. The van der Waals surface area contributed by atoms with Crippen LogP contribution < -0.4 is 15.0 Å². The van der Waals surface area contributed by atoms with Gasteiger partial charge >= 0.3 is 0 Å². The zero-order chi connectivity index (χ0) is 20.1. The molecule has 1 aliphatic heterocycles. The zero-order valence-electron chi connectivity index (χ0n) is 15.4. The minimum absolute atomic E-state index is 0.0812. The highest BCUT2D eigenvalue weighted by Gasteiger charge is 2.20. The summed E-state index contributed by atoms with van der Waals surface area (Å²) in [6.07, 6.45) is 0. The van der Waals surface area contributed by atoms with Gasteiger partial charge in [-0.1, -0.05) is 11.6 Å². The average molecular weight is 405 g/mol. The fourth-order valence-electron chi connectivity index (χ4n) is 3.10. The molecular weight excluding hydrogens is 384 g/mol. The van der Waals surface area contributed by atoms with Gasteiger partial charge in [0.25, 0.3) is 5.69 Å². The number of ether oxygens (including phenoxy) is 1. The van der Waals surface area contributed by atoms with Gasteiger partial charge in [0.1, 0.15) is 5.75 Å². The summed E-state index contributed by atoms with van der Waals surface area (Å²) in [7, 11) is 1.54. The van der Waals surface area contributed by atoms with Crippen molar-refractivity contribution in [2.75, 3.05) is 50.1 Å². The number of carbonyl (C=O) groups is 1. The second kappa shape index (κ2) is 8.90. The normalized spacial score (nSPS) is 14.6. The molecular formula is C19H21ClN4O4. The maximum absolute atomic E-state index is 12.3. The monoisotopic (exact) mass is 404 g/mol. The van der Waals surface area contributed by atoms with Crippen LogP contribution in [0.1, 0.15) is 0 Å². The molecule has 0 aromatic heterocycles. The molecule has 0 aliphatic carbocycles. The molecule has 2 aromatic carbocycles. The first-order chi connectivity index (χ1) is 13.5. The summed E-state index contributed by atoms with van der Waals surface area (Å²) in [4.78, 5) is 26.9. The van der Waals surface area contributed by atoms with E-state index in [1.54, 1.807) is 30.3 Å². The zero-order valence-corrected chi connectivity index (χ0v) is 16.2. The van der Waals surface area contributed by atoms with Gasteiger partial charge in [0, 0.05) is 49.7 Å². The van der Waals surface area contributed by atoms with E-state index in [1.807, 2.05) is 0 Å². The number of amides is 1. The lowest BCUT2D eigenvalue weighted by Gasteiger charge is -2.35. The van der Waals surface area contributed by atoms with Crippen LogP contribution in [-0.4, -0.2) is 55.6 Å². The van der Waals surface area contributed by atoms with Gasteiger partial charge in [0.05, 0.1) is 23.6 Å². The Labute approximate surface area is 167 Å². The summed E-state index contributed by atoms with van der Waals surface area (Å²) in [5.41, 5.74) is 1.65. The van der Waals surface area contributed by atoms with Crippen LogP contribution in [0, 0.1) is 10.1 Å². The molecule has 28 heavy (non-hydrogen) atoms. The second-order valence-electron chi connectivity index (χ2n) is 6.43. The van der Waals surface area contributed by atoms with E-state index < -0.39 is 4.92 Å². The summed E-state index contributed by atoms with van der Waals surface area (Å²) in [6.45, 7) is 3.25. The minimum Gasteiger partial charge on any atom is -0.495 e. The largest absolute Gasteiger partial charge is 0.495 e. The molecule has 1 saturated heterocycles. The smallest absolute Gasteiger partial charge is 0.269 e. The Morgan fingerprint density at radius 1 is 1.18 bits per heavy atom. The standard InChI is InChI=1S/C19H21ClN4O4/c1-28-18-7-2-14(12-17(18)20)21-19(25)13-22-8-10-23(11-9-22)15-3-5-16(6-4-15)24(26)27/h2-7,12H,8-11,13H2,1H3,(H,21,25). The first kappa shape index (κ1) is 19.9. The highest BCUT2D eigenvalue weighted by molar-refractivity contribution is 6.32. The molecule has 0 unspecified atom stereocenters. The van der Waals surface area contributed by atoms with E-state index in [4.69, 9.17) is 16.3 Å². The van der Waals surface area contributed by atoms with Crippen molar-refractivity contribution in [3.05, 3.63) is 57.6 Å². The quantitative estimate of drug-likeness (QED) is 0.588. The number of nitro benzene ring substituents is 1. The van der Waals surface area contributed by atoms with Gasteiger partial charge < -0.3 is 15.0 Å². The number of benzene rings is 2. The molecule has 148 valence electrons. The molecule has 1 fully saturated rings. The first-order valence-corrected chi connectivity index (χ1v) is 9.19. The lowest BCUT2D eigenvalue weighted by atomic mass is 10.2. The topological polar surface area (TPSA) is 88.0 Å². The van der Waals surface area contributed by atoms with Crippen LogP contribution in [0.25, 0.3) is 0 Å². The molecule has 0 spiro atoms. The number of nitrogens with one attached hydrogen (secondary N) is 1. The van der Waals surface area contributed by atoms with Crippen molar-refractivity contribution in [3.63, 3.8) is 0 Å². The third-order valence-corrected chi connectivity index (χ3v) is 4.90. The molecule has 0 radical (unpaired) electrons. The second-order valence-corrected chi connectivity index (χ2v) is 6.84. The number of rotatable bonds is 6. The van der Waals surface area contributed by atoms with Gasteiger partial charge in [-0.05, 0) is 30.3 Å². The molecule has 0 bridgehead atoms. The number of carbonyl (C=O) groups excluding carboxylic acids is 1. The number of methoxy groups -OCH3 is 1. The predicted molar refractivity (Wildman–Crippen MR) is 108 cm³/mol. The SMILES string of the molecule is COc1ccc(NC(=O)CN2CCN(c3ccc([N+](=O)[O-])cc3)CC2)cc1Cl. The van der Waals surface area contributed by atoms with Gasteiger partial charge in [0.15, 0.2) is 0 Å². The van der Waals surface area contributed by atoms with Gasteiger partial charge in [-0.3, -0.25) is 19.8 Å². The predicted octanol–water partition coefficient (Wildman–Crippen LogP) is 3.02. The summed E-state index contributed by atoms with van der Waals surface area (Å²) >= 11 is 6.08. The van der Waals surface area contributed by atoms with Crippen molar-refractivity contribution in [2.24, 2.45) is 0 Å². The molecule has 0 atom stereocenters. The molecule has 0 saturated carbocycles. The molecule has 9 heteroatoms. The van der Waals surface area contributed by atoms with Gasteiger partial charge in [-0.2, -0.15) is 0 Å². The van der Waals surface area contributed by atoms with Crippen molar-refractivity contribution < 1.29 is 14.5 Å². The summed E-state index contributed by atoms with van der Waals surface area (Å²) < 4.78 is 5.10. The highest BCUT2D eigenvalue weighted by Crippen LogP contribution is 2.27. The molecule has 2 aromatic rings. The Morgan fingerprint density at radius 3 is 2.43 bits per heavy atom. The number of non-ortho nitro benzene ring substituents is 1. The van der Waals surface area contributed by atoms with Gasteiger partial charge in [0.2, 0.25) is 5.91 Å². The number of hydrogen-bond donors (Lipinski definition) is 1. The Balaban J connectivity index is 1.49. The lowest BCUT2D eigenvalue weighted by Crippen LogP contribution is -2.48. The van der Waals surface area contributed by atoms with Gasteiger partial charge in [-0.15, -0.1) is 0 Å². The van der Waals surface area contributed by atoms with Crippen molar-refractivity contribution >= 4 is 34.6 Å². The van der Waals surface area contributed by atoms with E-state index in [0.717, 1.165) is 31.9 Å². The van der Waals surface area contributed by atoms with Gasteiger partial charge in [-0.25, -0.2) is 0 Å². The number of anilines is 2. The van der Waals surface area contributed by atoms with E-state index in [-0.39, 0.29) is 18.1 Å². The Hall–Kier alpha value is -2.84. The Morgan fingerprint density at radius 2 is 1.86 bits per heavy atom. The van der Waals surface area contributed by atoms with E-state index in [2.05, 4.69) is 15.1 Å². The van der Waals surface area contributed by atoms with Crippen molar-refractivity contribution in [2.45, 2.75) is 0 Å². The summed E-state index contributed by atoms with van der Waals surface area (Å²) in [5, 5.41) is 14.0. The molecule has 1 amide bonds. The number of hydrogen-bond acceptors (Lipinski definition) is 6. The molecule has 3 rings (SSSR count). The Bertz CT molecular complexity index is 852. The third kappa shape index (κ3) is 4.90. The van der Waals surface area contributed by atoms with E-state index >= 15 is 0 Å². The Kier molecular flexibility index (Phi) is 6.33. The number of piperazine rings is 1. The number of nitrogens with zero attached hydrogens (tertiary/aromatic N) is 3.